The predicted molar refractivity (Wildman–Crippen MR) is 101 cm³/mol. The standard InChI is InChI=1S/C21H21ClF3NO2/c1-13(27)26-20(2)11-18(14-6-8-17(22)9-7-14)28-19(12-20)15-4-3-5-16(10-15)21(23,24)25/h3-10,18-19H,11-12H2,1-2H3,(H,26,27)/t18-,19+,20-/m0/s1. The van der Waals surface area contributed by atoms with Crippen LogP contribution in [0.1, 0.15) is 55.6 Å². The smallest absolute Gasteiger partial charge is 0.365 e. The van der Waals surface area contributed by atoms with Gasteiger partial charge in [0.05, 0.1) is 17.8 Å². The quantitative estimate of drug-likeness (QED) is 0.688. The van der Waals surface area contributed by atoms with Gasteiger partial charge in [0.1, 0.15) is 0 Å². The summed E-state index contributed by atoms with van der Waals surface area (Å²) < 4.78 is 45.6. The Morgan fingerprint density at radius 3 is 2.29 bits per heavy atom. The summed E-state index contributed by atoms with van der Waals surface area (Å²) in [5, 5.41) is 3.53. The van der Waals surface area contributed by atoms with Crippen molar-refractivity contribution < 1.29 is 22.7 Å². The number of hydrogen-bond acceptors (Lipinski definition) is 2. The summed E-state index contributed by atoms with van der Waals surface area (Å²) >= 11 is 5.96. The third-order valence-electron chi connectivity index (χ3n) is 4.91. The average Bonchev–Trinajstić information content (AvgIpc) is 2.60. The number of nitrogens with one attached hydrogen (secondary N) is 1. The third-order valence-corrected chi connectivity index (χ3v) is 5.16. The van der Waals surface area contributed by atoms with Crippen molar-refractivity contribution in [3.63, 3.8) is 0 Å². The Morgan fingerprint density at radius 2 is 1.71 bits per heavy atom. The monoisotopic (exact) mass is 411 g/mol. The highest BCUT2D eigenvalue weighted by Crippen LogP contribution is 2.44. The van der Waals surface area contributed by atoms with Crippen molar-refractivity contribution >= 4 is 17.5 Å². The zero-order valence-electron chi connectivity index (χ0n) is 15.5. The second-order valence-electron chi connectivity index (χ2n) is 7.44. The van der Waals surface area contributed by atoms with Crippen LogP contribution in [0.2, 0.25) is 5.02 Å². The molecule has 150 valence electrons. The van der Waals surface area contributed by atoms with Crippen LogP contribution in [0.25, 0.3) is 0 Å². The summed E-state index contributed by atoms with van der Waals surface area (Å²) in [7, 11) is 0. The SMILES string of the molecule is CC(=O)N[C@@]1(C)C[C@@H](c2ccc(Cl)cc2)O[C@@H](c2cccc(C(F)(F)F)c2)C1. The molecule has 1 N–H and O–H groups in total. The van der Waals surface area contributed by atoms with Gasteiger partial charge in [-0.05, 0) is 42.3 Å². The Bertz CT molecular complexity index is 853. The maximum Gasteiger partial charge on any atom is 0.416 e. The van der Waals surface area contributed by atoms with Gasteiger partial charge < -0.3 is 10.1 Å². The van der Waals surface area contributed by atoms with Crippen LogP contribution >= 0.6 is 11.6 Å². The van der Waals surface area contributed by atoms with Gasteiger partial charge in [-0.25, -0.2) is 0 Å². The molecule has 1 aliphatic rings. The molecule has 28 heavy (non-hydrogen) atoms. The van der Waals surface area contributed by atoms with E-state index in [9.17, 15) is 18.0 Å². The van der Waals surface area contributed by atoms with Crippen molar-refractivity contribution in [2.24, 2.45) is 0 Å². The number of carbonyl (C=O) groups excluding carboxylic acids is 1. The minimum atomic E-state index is -4.43. The molecular formula is C21H21ClF3NO2. The zero-order chi connectivity index (χ0) is 20.5. The molecule has 1 amide bonds. The highest BCUT2D eigenvalue weighted by atomic mass is 35.5. The van der Waals surface area contributed by atoms with Crippen LogP contribution in [0.5, 0.6) is 0 Å². The van der Waals surface area contributed by atoms with Crippen LogP contribution in [0.3, 0.4) is 0 Å². The van der Waals surface area contributed by atoms with E-state index < -0.39 is 23.4 Å². The van der Waals surface area contributed by atoms with Crippen LogP contribution in [-0.4, -0.2) is 11.4 Å². The lowest BCUT2D eigenvalue weighted by Gasteiger charge is -2.43. The van der Waals surface area contributed by atoms with Crippen molar-refractivity contribution in [2.45, 2.75) is 50.6 Å². The number of halogens is 4. The van der Waals surface area contributed by atoms with Gasteiger partial charge in [-0.15, -0.1) is 0 Å². The minimum absolute atomic E-state index is 0.193. The van der Waals surface area contributed by atoms with E-state index in [0.717, 1.165) is 17.7 Å². The van der Waals surface area contributed by atoms with Gasteiger partial charge in [0, 0.05) is 30.3 Å². The third kappa shape index (κ3) is 4.86. The molecule has 3 nitrogen and oxygen atoms in total. The van der Waals surface area contributed by atoms with Crippen LogP contribution in [0.15, 0.2) is 48.5 Å². The normalized spacial score (nSPS) is 25.4. The summed E-state index contributed by atoms with van der Waals surface area (Å²) in [4.78, 5) is 11.7. The molecule has 3 rings (SSSR count). The van der Waals surface area contributed by atoms with Gasteiger partial charge in [0.25, 0.3) is 0 Å². The second kappa shape index (κ2) is 7.76. The van der Waals surface area contributed by atoms with Gasteiger partial charge in [-0.2, -0.15) is 13.2 Å². The topological polar surface area (TPSA) is 38.3 Å². The first-order valence-electron chi connectivity index (χ1n) is 8.93. The molecule has 0 saturated carbocycles. The molecule has 2 aromatic rings. The highest BCUT2D eigenvalue weighted by molar-refractivity contribution is 6.30. The maximum atomic E-state index is 13.1. The average molecular weight is 412 g/mol. The number of ether oxygens (including phenoxy) is 1. The summed E-state index contributed by atoms with van der Waals surface area (Å²) in [6.07, 6.45) is -4.53. The summed E-state index contributed by atoms with van der Waals surface area (Å²) in [5.74, 6) is -0.193. The van der Waals surface area contributed by atoms with Gasteiger partial charge in [0.15, 0.2) is 0 Å². The van der Waals surface area contributed by atoms with E-state index in [1.165, 1.54) is 13.0 Å². The zero-order valence-corrected chi connectivity index (χ0v) is 16.3. The molecule has 0 bridgehead atoms. The molecule has 1 aliphatic heterocycles. The Labute approximate surface area is 166 Å². The highest BCUT2D eigenvalue weighted by Gasteiger charge is 2.40. The largest absolute Gasteiger partial charge is 0.416 e. The molecule has 0 unspecified atom stereocenters. The molecule has 7 heteroatoms. The van der Waals surface area contributed by atoms with E-state index in [-0.39, 0.29) is 12.0 Å². The number of carbonyl (C=O) groups is 1. The molecule has 0 aromatic heterocycles. The Morgan fingerprint density at radius 1 is 1.11 bits per heavy atom. The summed E-state index contributed by atoms with van der Waals surface area (Å²) in [6, 6.07) is 12.3. The van der Waals surface area contributed by atoms with Gasteiger partial charge in [-0.3, -0.25) is 4.79 Å². The molecule has 1 saturated heterocycles. The summed E-state index contributed by atoms with van der Waals surface area (Å²) in [6.45, 7) is 3.32. The molecule has 1 fully saturated rings. The van der Waals surface area contributed by atoms with Crippen molar-refractivity contribution in [3.8, 4) is 0 Å². The lowest BCUT2D eigenvalue weighted by Crippen LogP contribution is -2.50. The van der Waals surface area contributed by atoms with E-state index in [2.05, 4.69) is 5.32 Å². The lowest BCUT2D eigenvalue weighted by molar-refractivity contribution is -0.137. The predicted octanol–water partition coefficient (Wildman–Crippen LogP) is 5.85. The fourth-order valence-corrected chi connectivity index (χ4v) is 3.83. The van der Waals surface area contributed by atoms with Crippen molar-refractivity contribution in [3.05, 3.63) is 70.2 Å². The van der Waals surface area contributed by atoms with Gasteiger partial charge in [0.2, 0.25) is 5.91 Å². The lowest BCUT2D eigenvalue weighted by atomic mass is 9.81. The van der Waals surface area contributed by atoms with E-state index >= 15 is 0 Å². The number of hydrogen-bond donors (Lipinski definition) is 1. The van der Waals surface area contributed by atoms with Crippen molar-refractivity contribution in [1.29, 1.82) is 0 Å². The first-order chi connectivity index (χ1) is 13.1. The van der Waals surface area contributed by atoms with E-state index in [0.29, 0.717) is 23.4 Å². The fraction of sp³-hybridized carbons (Fsp3) is 0.381. The fourth-order valence-electron chi connectivity index (χ4n) is 3.71. The Hall–Kier alpha value is -2.05. The van der Waals surface area contributed by atoms with Crippen LogP contribution in [0.4, 0.5) is 13.2 Å². The van der Waals surface area contributed by atoms with E-state index in [4.69, 9.17) is 16.3 Å². The minimum Gasteiger partial charge on any atom is -0.365 e. The molecular weight excluding hydrogens is 391 g/mol. The first kappa shape index (κ1) is 20.7. The van der Waals surface area contributed by atoms with Crippen LogP contribution < -0.4 is 5.32 Å². The number of rotatable bonds is 3. The second-order valence-corrected chi connectivity index (χ2v) is 7.87. The number of alkyl halides is 3. The Balaban J connectivity index is 1.95. The van der Waals surface area contributed by atoms with Crippen LogP contribution in [-0.2, 0) is 15.7 Å². The van der Waals surface area contributed by atoms with Gasteiger partial charge in [-0.1, -0.05) is 35.9 Å². The Kier molecular flexibility index (Phi) is 5.73. The molecule has 1 heterocycles. The van der Waals surface area contributed by atoms with Crippen LogP contribution in [0, 0.1) is 0 Å². The summed E-state index contributed by atoms with van der Waals surface area (Å²) in [5.41, 5.74) is -0.0426. The first-order valence-corrected chi connectivity index (χ1v) is 9.30. The van der Waals surface area contributed by atoms with Gasteiger partial charge >= 0.3 is 6.18 Å². The number of amides is 1. The van der Waals surface area contributed by atoms with Crippen molar-refractivity contribution in [2.75, 3.05) is 0 Å². The molecule has 0 aliphatic carbocycles. The van der Waals surface area contributed by atoms with E-state index in [1.54, 1.807) is 18.2 Å². The van der Waals surface area contributed by atoms with E-state index in [1.807, 2.05) is 19.1 Å². The maximum absolute atomic E-state index is 13.1. The molecule has 3 atom stereocenters. The number of benzene rings is 2. The van der Waals surface area contributed by atoms with Crippen molar-refractivity contribution in [1.82, 2.24) is 5.32 Å². The molecule has 2 aromatic carbocycles. The molecule has 0 spiro atoms. The molecule has 0 radical (unpaired) electrons.